The van der Waals surface area contributed by atoms with Crippen LogP contribution in [-0.2, 0) is 0 Å². The van der Waals surface area contributed by atoms with E-state index in [1.54, 1.807) is 12.1 Å². The molecule has 0 aliphatic carbocycles. The Hall–Kier alpha value is -1.70. The van der Waals surface area contributed by atoms with E-state index in [0.29, 0.717) is 26.2 Å². The fourth-order valence-electron chi connectivity index (χ4n) is 1.66. The first-order chi connectivity index (χ1) is 10.0. The number of hydrogen-bond donors (Lipinski definition) is 2. The molecule has 0 atom stereocenters. The van der Waals surface area contributed by atoms with E-state index < -0.39 is 5.91 Å². The predicted octanol–water partition coefficient (Wildman–Crippen LogP) is 3.67. The molecule has 0 spiro atoms. The zero-order valence-electron chi connectivity index (χ0n) is 10.2. The van der Waals surface area contributed by atoms with Crippen LogP contribution in [0.25, 0.3) is 11.2 Å². The number of carbonyl (C=O) groups is 1. The summed E-state index contributed by atoms with van der Waals surface area (Å²) in [6, 6.07) is 4.84. The maximum Gasteiger partial charge on any atom is 0.258 e. The van der Waals surface area contributed by atoms with Crippen LogP contribution in [0, 0.1) is 0 Å². The van der Waals surface area contributed by atoms with Crippen LogP contribution in [0.4, 0.5) is 5.95 Å². The number of aromatic amines is 1. The number of rotatable bonds is 2. The number of imidazole rings is 1. The summed E-state index contributed by atoms with van der Waals surface area (Å²) in [6.45, 7) is 0. The molecule has 0 aliphatic rings. The highest BCUT2D eigenvalue weighted by molar-refractivity contribution is 9.10. The van der Waals surface area contributed by atoms with Gasteiger partial charge in [-0.1, -0.05) is 23.2 Å². The highest BCUT2D eigenvalue weighted by Crippen LogP contribution is 2.24. The number of benzene rings is 1. The van der Waals surface area contributed by atoms with Gasteiger partial charge in [0.2, 0.25) is 5.95 Å². The highest BCUT2D eigenvalue weighted by Gasteiger charge is 2.13. The molecule has 2 aromatic heterocycles. The molecule has 6 nitrogen and oxygen atoms in total. The lowest BCUT2D eigenvalue weighted by atomic mass is 10.2. The van der Waals surface area contributed by atoms with E-state index in [1.807, 2.05) is 0 Å². The Morgan fingerprint density at radius 1 is 1.29 bits per heavy atom. The number of H-pyrrole nitrogens is 1. The van der Waals surface area contributed by atoms with Crippen molar-refractivity contribution in [2.75, 3.05) is 5.32 Å². The monoisotopic (exact) mass is 385 g/mol. The van der Waals surface area contributed by atoms with E-state index >= 15 is 0 Å². The van der Waals surface area contributed by atoms with Crippen molar-refractivity contribution >= 4 is 62.2 Å². The molecular formula is C12H6BrCl2N5O. The molecule has 9 heteroatoms. The second kappa shape index (κ2) is 5.59. The number of nitrogens with zero attached hydrogens (tertiary/aromatic N) is 3. The molecule has 106 valence electrons. The number of halogens is 3. The normalized spacial score (nSPS) is 10.8. The molecule has 0 radical (unpaired) electrons. The van der Waals surface area contributed by atoms with Gasteiger partial charge >= 0.3 is 0 Å². The van der Waals surface area contributed by atoms with Gasteiger partial charge in [-0.15, -0.1) is 0 Å². The molecule has 0 saturated carbocycles. The molecule has 1 amide bonds. The standard InChI is InChI=1S/C12H6BrCl2N5O/c13-6-2-1-5(3-7(6)14)11(21)20-12-18-9(15)8-10(19-12)17-4-16-8/h1-4H,(H2,16,17,18,19,20,21). The SMILES string of the molecule is O=C(Nc1nc(Cl)c2[nH]cnc2n1)c1ccc(Br)c(Cl)c1. The van der Waals surface area contributed by atoms with Crippen LogP contribution in [0.15, 0.2) is 29.0 Å². The van der Waals surface area contributed by atoms with Gasteiger partial charge in [0.05, 0.1) is 11.3 Å². The first kappa shape index (κ1) is 14.2. The van der Waals surface area contributed by atoms with Crippen LogP contribution < -0.4 is 5.32 Å². The Morgan fingerprint density at radius 2 is 2.10 bits per heavy atom. The average molecular weight is 387 g/mol. The number of carbonyl (C=O) groups excluding carboxylic acids is 1. The van der Waals surface area contributed by atoms with E-state index in [9.17, 15) is 4.79 Å². The quantitative estimate of drug-likeness (QED) is 0.658. The lowest BCUT2D eigenvalue weighted by Crippen LogP contribution is -2.14. The number of nitrogens with one attached hydrogen (secondary N) is 2. The summed E-state index contributed by atoms with van der Waals surface area (Å²) in [5.74, 6) is -0.320. The van der Waals surface area contributed by atoms with Crippen molar-refractivity contribution in [3.8, 4) is 0 Å². The van der Waals surface area contributed by atoms with Gasteiger partial charge in [0, 0.05) is 10.0 Å². The molecule has 0 bridgehead atoms. The van der Waals surface area contributed by atoms with E-state index in [0.717, 1.165) is 0 Å². The van der Waals surface area contributed by atoms with Crippen molar-refractivity contribution in [1.82, 2.24) is 19.9 Å². The van der Waals surface area contributed by atoms with Gasteiger partial charge in [0.25, 0.3) is 5.91 Å². The lowest BCUT2D eigenvalue weighted by Gasteiger charge is -2.05. The average Bonchev–Trinajstić information content (AvgIpc) is 2.90. The Balaban J connectivity index is 1.90. The Bertz CT molecular complexity index is 851. The van der Waals surface area contributed by atoms with Crippen molar-refractivity contribution < 1.29 is 4.79 Å². The maximum absolute atomic E-state index is 12.1. The number of hydrogen-bond acceptors (Lipinski definition) is 4. The molecule has 2 N–H and O–H groups in total. The summed E-state index contributed by atoms with van der Waals surface area (Å²) in [7, 11) is 0. The van der Waals surface area contributed by atoms with Crippen molar-refractivity contribution in [1.29, 1.82) is 0 Å². The van der Waals surface area contributed by atoms with Gasteiger partial charge in [-0.25, -0.2) is 4.98 Å². The van der Waals surface area contributed by atoms with Crippen LogP contribution in [0.5, 0.6) is 0 Å². The number of amides is 1. The molecule has 2 heterocycles. The van der Waals surface area contributed by atoms with Gasteiger partial charge in [0.1, 0.15) is 5.52 Å². The second-order valence-electron chi connectivity index (χ2n) is 4.02. The molecule has 3 aromatic rings. The summed E-state index contributed by atoms with van der Waals surface area (Å²) >= 11 is 15.2. The van der Waals surface area contributed by atoms with E-state index in [4.69, 9.17) is 23.2 Å². The van der Waals surface area contributed by atoms with E-state index in [2.05, 4.69) is 41.2 Å². The van der Waals surface area contributed by atoms with Gasteiger partial charge in [-0.05, 0) is 34.1 Å². The number of anilines is 1. The Labute approximate surface area is 137 Å². The molecule has 1 aromatic carbocycles. The molecule has 3 rings (SSSR count). The minimum atomic E-state index is -0.393. The summed E-state index contributed by atoms with van der Waals surface area (Å²) in [6.07, 6.45) is 1.45. The molecule has 0 saturated heterocycles. The first-order valence-corrected chi connectivity index (χ1v) is 7.22. The van der Waals surface area contributed by atoms with E-state index in [1.165, 1.54) is 12.4 Å². The van der Waals surface area contributed by atoms with Crippen LogP contribution in [-0.4, -0.2) is 25.8 Å². The van der Waals surface area contributed by atoms with Crippen LogP contribution in [0.1, 0.15) is 10.4 Å². The molecule has 0 aliphatic heterocycles. The van der Waals surface area contributed by atoms with Gasteiger partial charge in [0.15, 0.2) is 10.8 Å². The maximum atomic E-state index is 12.1. The molecule has 0 unspecified atom stereocenters. The van der Waals surface area contributed by atoms with Crippen molar-refractivity contribution in [3.63, 3.8) is 0 Å². The highest BCUT2D eigenvalue weighted by atomic mass is 79.9. The third-order valence-corrected chi connectivity index (χ3v) is 4.15. The summed E-state index contributed by atoms with van der Waals surface area (Å²) in [5, 5.41) is 3.17. The van der Waals surface area contributed by atoms with Crippen LogP contribution in [0.3, 0.4) is 0 Å². The third kappa shape index (κ3) is 2.85. The minimum Gasteiger partial charge on any atom is -0.341 e. The lowest BCUT2D eigenvalue weighted by molar-refractivity contribution is 0.102. The Morgan fingerprint density at radius 3 is 2.86 bits per heavy atom. The summed E-state index contributed by atoms with van der Waals surface area (Å²) in [5.41, 5.74) is 1.27. The fourth-order valence-corrected chi connectivity index (χ4v) is 2.31. The third-order valence-electron chi connectivity index (χ3n) is 2.65. The molecule has 0 fully saturated rings. The first-order valence-electron chi connectivity index (χ1n) is 5.67. The van der Waals surface area contributed by atoms with Crippen molar-refractivity contribution in [3.05, 3.63) is 44.7 Å². The summed E-state index contributed by atoms with van der Waals surface area (Å²) < 4.78 is 0.706. The van der Waals surface area contributed by atoms with Gasteiger partial charge < -0.3 is 4.98 Å². The van der Waals surface area contributed by atoms with Gasteiger partial charge in [-0.3, -0.25) is 10.1 Å². The topological polar surface area (TPSA) is 83.6 Å². The smallest absolute Gasteiger partial charge is 0.258 e. The van der Waals surface area contributed by atoms with Crippen molar-refractivity contribution in [2.24, 2.45) is 0 Å². The summed E-state index contributed by atoms with van der Waals surface area (Å²) in [4.78, 5) is 27.0. The second-order valence-corrected chi connectivity index (χ2v) is 5.64. The van der Waals surface area contributed by atoms with Crippen LogP contribution in [0.2, 0.25) is 10.2 Å². The largest absolute Gasteiger partial charge is 0.341 e. The van der Waals surface area contributed by atoms with Crippen molar-refractivity contribution in [2.45, 2.75) is 0 Å². The molecular weight excluding hydrogens is 381 g/mol. The predicted molar refractivity (Wildman–Crippen MR) is 83.8 cm³/mol. The van der Waals surface area contributed by atoms with Crippen LogP contribution >= 0.6 is 39.1 Å². The minimum absolute atomic E-state index is 0.0728. The number of fused-ring (bicyclic) bond motifs is 1. The number of aromatic nitrogens is 4. The van der Waals surface area contributed by atoms with E-state index in [-0.39, 0.29) is 11.1 Å². The Kier molecular flexibility index (Phi) is 3.79. The molecule has 21 heavy (non-hydrogen) atoms. The zero-order valence-corrected chi connectivity index (χ0v) is 13.3. The zero-order chi connectivity index (χ0) is 15.0. The van der Waals surface area contributed by atoms with Gasteiger partial charge in [-0.2, -0.15) is 9.97 Å². The fraction of sp³-hybridized carbons (Fsp3) is 0.